The van der Waals surface area contributed by atoms with Gasteiger partial charge in [-0.25, -0.2) is 0 Å². The molecule has 1 aliphatic heterocycles. The highest BCUT2D eigenvalue weighted by Crippen LogP contribution is 2.04. The van der Waals surface area contributed by atoms with Crippen molar-refractivity contribution in [1.82, 2.24) is 9.80 Å². The van der Waals surface area contributed by atoms with Gasteiger partial charge in [0.2, 0.25) is 0 Å². The zero-order chi connectivity index (χ0) is 11.6. The molecule has 0 amide bonds. The van der Waals surface area contributed by atoms with E-state index in [1.807, 2.05) is 0 Å². The van der Waals surface area contributed by atoms with E-state index in [4.69, 9.17) is 10.2 Å². The fraction of sp³-hybridized carbons (Fsp3) is 1.00. The number of nitrogens with zero attached hydrogens (tertiary/aromatic N) is 2. The first-order chi connectivity index (χ1) is 7.86. The Kier molecular flexibility index (Phi) is 7.76. The van der Waals surface area contributed by atoms with E-state index in [1.54, 1.807) is 0 Å². The van der Waals surface area contributed by atoms with Crippen LogP contribution in [0.5, 0.6) is 0 Å². The Hall–Kier alpha value is -0.160. The van der Waals surface area contributed by atoms with Gasteiger partial charge >= 0.3 is 0 Å². The third kappa shape index (κ3) is 5.80. The summed E-state index contributed by atoms with van der Waals surface area (Å²) < 4.78 is 0. The molecule has 0 aromatic rings. The first-order valence-electron chi connectivity index (χ1n) is 6.53. The molecule has 1 aliphatic rings. The van der Waals surface area contributed by atoms with E-state index in [2.05, 4.69) is 9.80 Å². The number of rotatable bonds is 8. The van der Waals surface area contributed by atoms with Crippen LogP contribution in [0.15, 0.2) is 0 Å². The van der Waals surface area contributed by atoms with Crippen molar-refractivity contribution in [2.75, 3.05) is 52.5 Å². The number of piperazine rings is 1. The van der Waals surface area contributed by atoms with Crippen LogP contribution in [0.3, 0.4) is 0 Å². The molecule has 1 fully saturated rings. The van der Waals surface area contributed by atoms with Crippen molar-refractivity contribution in [3.05, 3.63) is 0 Å². The second kappa shape index (κ2) is 8.93. The maximum Gasteiger partial charge on any atom is 0.0431 e. The fourth-order valence-electron chi connectivity index (χ4n) is 2.13. The van der Waals surface area contributed by atoms with Gasteiger partial charge in [-0.2, -0.15) is 0 Å². The molecular weight excluding hydrogens is 204 g/mol. The predicted molar refractivity (Wildman–Crippen MR) is 65.5 cm³/mol. The Morgan fingerprint density at radius 2 is 1.00 bits per heavy atom. The van der Waals surface area contributed by atoms with Crippen LogP contribution in [-0.4, -0.2) is 72.5 Å². The minimum atomic E-state index is 0.321. The number of aliphatic hydroxyl groups excluding tert-OH is 2. The van der Waals surface area contributed by atoms with Crippen LogP contribution in [0, 0.1) is 0 Å². The Morgan fingerprint density at radius 1 is 0.625 bits per heavy atom. The predicted octanol–water partition coefficient (Wildman–Crippen LogP) is 0.149. The van der Waals surface area contributed by atoms with Crippen LogP contribution in [0.4, 0.5) is 0 Å². The highest BCUT2D eigenvalue weighted by Gasteiger charge is 2.15. The summed E-state index contributed by atoms with van der Waals surface area (Å²) in [6, 6.07) is 0. The van der Waals surface area contributed by atoms with Crippen molar-refractivity contribution in [3.8, 4) is 0 Å². The maximum absolute atomic E-state index is 8.71. The third-order valence-electron chi connectivity index (χ3n) is 3.23. The minimum absolute atomic E-state index is 0.321. The fourth-order valence-corrected chi connectivity index (χ4v) is 2.13. The molecule has 0 unspecified atom stereocenters. The van der Waals surface area contributed by atoms with Crippen LogP contribution < -0.4 is 0 Å². The van der Waals surface area contributed by atoms with Gasteiger partial charge in [-0.3, -0.25) is 0 Å². The molecule has 0 saturated carbocycles. The lowest BCUT2D eigenvalue weighted by Gasteiger charge is -2.34. The summed E-state index contributed by atoms with van der Waals surface area (Å²) in [6.07, 6.45) is 4.08. The molecule has 1 rings (SSSR count). The van der Waals surface area contributed by atoms with Gasteiger partial charge in [-0.15, -0.1) is 0 Å². The number of hydrogen-bond donors (Lipinski definition) is 2. The average molecular weight is 230 g/mol. The topological polar surface area (TPSA) is 46.9 Å². The molecule has 2 N–H and O–H groups in total. The second-order valence-corrected chi connectivity index (χ2v) is 4.54. The summed E-state index contributed by atoms with van der Waals surface area (Å²) in [5, 5.41) is 17.4. The molecule has 1 heterocycles. The maximum atomic E-state index is 8.71. The second-order valence-electron chi connectivity index (χ2n) is 4.54. The van der Waals surface area contributed by atoms with E-state index in [0.717, 1.165) is 65.0 Å². The van der Waals surface area contributed by atoms with Crippen molar-refractivity contribution in [2.24, 2.45) is 0 Å². The highest BCUT2D eigenvalue weighted by atomic mass is 16.3. The third-order valence-corrected chi connectivity index (χ3v) is 3.23. The SMILES string of the molecule is OCCCCN1CCN(CCCCO)CC1. The van der Waals surface area contributed by atoms with Gasteiger partial charge in [-0.05, 0) is 38.8 Å². The Balaban J connectivity index is 2.00. The first kappa shape index (κ1) is 13.9. The summed E-state index contributed by atoms with van der Waals surface area (Å²) in [5.74, 6) is 0. The quantitative estimate of drug-likeness (QED) is 0.583. The van der Waals surface area contributed by atoms with Crippen LogP contribution >= 0.6 is 0 Å². The van der Waals surface area contributed by atoms with Crippen LogP contribution in [0.2, 0.25) is 0 Å². The molecule has 0 aromatic carbocycles. The number of aliphatic hydroxyl groups is 2. The molecule has 0 radical (unpaired) electrons. The molecule has 0 atom stereocenters. The van der Waals surface area contributed by atoms with Gasteiger partial charge in [0.1, 0.15) is 0 Å². The molecule has 1 saturated heterocycles. The number of unbranched alkanes of at least 4 members (excludes halogenated alkanes) is 2. The molecule has 0 spiro atoms. The normalized spacial score (nSPS) is 19.1. The lowest BCUT2D eigenvalue weighted by atomic mass is 10.2. The van der Waals surface area contributed by atoms with Gasteiger partial charge < -0.3 is 20.0 Å². The summed E-state index contributed by atoms with van der Waals surface area (Å²) in [5.41, 5.74) is 0. The van der Waals surface area contributed by atoms with Gasteiger partial charge in [0.25, 0.3) is 0 Å². The molecule has 0 aromatic heterocycles. The molecule has 4 nitrogen and oxygen atoms in total. The van der Waals surface area contributed by atoms with Gasteiger partial charge in [-0.1, -0.05) is 0 Å². The van der Waals surface area contributed by atoms with Crippen LogP contribution in [0.25, 0.3) is 0 Å². The van der Waals surface area contributed by atoms with Crippen molar-refractivity contribution in [2.45, 2.75) is 25.7 Å². The molecule has 96 valence electrons. The van der Waals surface area contributed by atoms with Crippen molar-refractivity contribution >= 4 is 0 Å². The average Bonchev–Trinajstić information content (AvgIpc) is 2.32. The summed E-state index contributed by atoms with van der Waals surface area (Å²) >= 11 is 0. The van der Waals surface area contributed by atoms with Gasteiger partial charge in [0, 0.05) is 39.4 Å². The highest BCUT2D eigenvalue weighted by molar-refractivity contribution is 4.71. The molecule has 4 heteroatoms. The minimum Gasteiger partial charge on any atom is -0.396 e. The smallest absolute Gasteiger partial charge is 0.0431 e. The summed E-state index contributed by atoms with van der Waals surface area (Å²) in [4.78, 5) is 4.97. The van der Waals surface area contributed by atoms with E-state index in [1.165, 1.54) is 0 Å². The van der Waals surface area contributed by atoms with Crippen molar-refractivity contribution in [1.29, 1.82) is 0 Å². The van der Waals surface area contributed by atoms with Crippen LogP contribution in [-0.2, 0) is 0 Å². The van der Waals surface area contributed by atoms with E-state index in [9.17, 15) is 0 Å². The van der Waals surface area contributed by atoms with Gasteiger partial charge in [0.05, 0.1) is 0 Å². The molecular formula is C12H26N2O2. The lowest BCUT2D eigenvalue weighted by Crippen LogP contribution is -2.46. The summed E-state index contributed by atoms with van der Waals surface area (Å²) in [7, 11) is 0. The summed E-state index contributed by atoms with van der Waals surface area (Å²) in [6.45, 7) is 7.53. The standard InChI is InChI=1S/C12H26N2O2/c15-11-3-1-5-13-7-9-14(10-8-13)6-2-4-12-16/h15-16H,1-12H2. The molecule has 0 aliphatic carbocycles. The zero-order valence-corrected chi connectivity index (χ0v) is 10.3. The first-order valence-corrected chi connectivity index (χ1v) is 6.53. The van der Waals surface area contributed by atoms with E-state index >= 15 is 0 Å². The van der Waals surface area contributed by atoms with Crippen molar-refractivity contribution < 1.29 is 10.2 Å². The monoisotopic (exact) mass is 230 g/mol. The molecule has 16 heavy (non-hydrogen) atoms. The Morgan fingerprint density at radius 3 is 1.31 bits per heavy atom. The Bertz CT molecular complexity index is 141. The molecule has 0 bridgehead atoms. The lowest BCUT2D eigenvalue weighted by molar-refractivity contribution is 0.125. The van der Waals surface area contributed by atoms with Crippen LogP contribution in [0.1, 0.15) is 25.7 Å². The largest absolute Gasteiger partial charge is 0.396 e. The Labute approximate surface area is 98.9 Å². The van der Waals surface area contributed by atoms with Crippen molar-refractivity contribution in [3.63, 3.8) is 0 Å². The number of hydrogen-bond acceptors (Lipinski definition) is 4. The van der Waals surface area contributed by atoms with E-state index in [-0.39, 0.29) is 0 Å². The van der Waals surface area contributed by atoms with E-state index < -0.39 is 0 Å². The zero-order valence-electron chi connectivity index (χ0n) is 10.3. The van der Waals surface area contributed by atoms with Gasteiger partial charge in [0.15, 0.2) is 0 Å². The van der Waals surface area contributed by atoms with E-state index in [0.29, 0.717) is 13.2 Å².